The lowest BCUT2D eigenvalue weighted by Gasteiger charge is -2.58. The molecule has 0 spiro atoms. The van der Waals surface area contributed by atoms with E-state index in [2.05, 4.69) is 43.7 Å². The van der Waals surface area contributed by atoms with Gasteiger partial charge in [-0.05, 0) is 61.8 Å². The Labute approximate surface area is 154 Å². The lowest BCUT2D eigenvalue weighted by Crippen LogP contribution is -3.00. The molecular formula is C20H30IP. The van der Waals surface area contributed by atoms with Gasteiger partial charge in [-0.25, -0.2) is 0 Å². The summed E-state index contributed by atoms with van der Waals surface area (Å²) in [4.78, 5) is 0. The van der Waals surface area contributed by atoms with Crippen LogP contribution in [0, 0.1) is 17.8 Å². The Morgan fingerprint density at radius 1 is 0.909 bits per heavy atom. The van der Waals surface area contributed by atoms with Crippen molar-refractivity contribution in [3.63, 3.8) is 0 Å². The predicted octanol–water partition coefficient (Wildman–Crippen LogP) is 2.48. The Balaban J connectivity index is 0.00000144. The molecule has 0 radical (unpaired) electrons. The van der Waals surface area contributed by atoms with E-state index < -0.39 is 7.26 Å². The summed E-state index contributed by atoms with van der Waals surface area (Å²) < 4.78 is 0. The first-order chi connectivity index (χ1) is 10.1. The molecule has 0 heterocycles. The number of rotatable bonds is 4. The number of halogens is 1. The van der Waals surface area contributed by atoms with E-state index in [0.717, 1.165) is 22.9 Å². The van der Waals surface area contributed by atoms with Crippen LogP contribution in [0.1, 0.15) is 44.1 Å². The third-order valence-electron chi connectivity index (χ3n) is 7.09. The monoisotopic (exact) mass is 428 g/mol. The zero-order valence-corrected chi connectivity index (χ0v) is 17.2. The summed E-state index contributed by atoms with van der Waals surface area (Å²) in [5, 5.41) is 0.788. The third kappa shape index (κ3) is 3.02. The summed E-state index contributed by atoms with van der Waals surface area (Å²) in [6.07, 6.45) is 12.3. The van der Waals surface area contributed by atoms with Gasteiger partial charge in [-0.2, -0.15) is 0 Å². The minimum Gasteiger partial charge on any atom is -1.00 e. The number of benzene rings is 1. The molecule has 5 rings (SSSR count). The van der Waals surface area contributed by atoms with Crippen LogP contribution >= 0.6 is 7.26 Å². The van der Waals surface area contributed by atoms with Crippen molar-refractivity contribution in [3.8, 4) is 0 Å². The standard InChI is InChI=1S/C20H30P.HI/c1-21(2,9-8-16-6-4-3-5-7-16)20-13-17-10-18(14-20)12-19(11-17)15-20;/h3-7,17-19H,8-15H2,1-2H3;1H/q+1;/p-1. The van der Waals surface area contributed by atoms with Gasteiger partial charge in [-0.15, -0.1) is 0 Å². The Hall–Kier alpha value is 0.380. The van der Waals surface area contributed by atoms with Gasteiger partial charge in [0, 0.05) is 27.0 Å². The van der Waals surface area contributed by atoms with Gasteiger partial charge in [0.2, 0.25) is 0 Å². The van der Waals surface area contributed by atoms with E-state index in [1.807, 2.05) is 0 Å². The van der Waals surface area contributed by atoms with Crippen molar-refractivity contribution in [1.82, 2.24) is 0 Å². The van der Waals surface area contributed by atoms with Crippen LogP contribution in [0.15, 0.2) is 30.3 Å². The maximum atomic E-state index is 2.70. The Bertz CT molecular complexity index is 472. The molecule has 1 aromatic rings. The second-order valence-electron chi connectivity index (χ2n) is 8.79. The summed E-state index contributed by atoms with van der Waals surface area (Å²) in [7, 11) is -0.807. The van der Waals surface area contributed by atoms with Crippen molar-refractivity contribution >= 4 is 7.26 Å². The molecule has 0 unspecified atom stereocenters. The Kier molecular flexibility index (Phi) is 4.97. The van der Waals surface area contributed by atoms with E-state index in [4.69, 9.17) is 0 Å². The highest BCUT2D eigenvalue weighted by Crippen LogP contribution is 2.75. The summed E-state index contributed by atoms with van der Waals surface area (Å²) in [5.41, 5.74) is 1.55. The third-order valence-corrected chi connectivity index (χ3v) is 11.5. The summed E-state index contributed by atoms with van der Waals surface area (Å²) in [5.74, 6) is 3.31. The second kappa shape index (κ2) is 6.36. The fraction of sp³-hybridized carbons (Fsp3) is 0.700. The normalized spacial score (nSPS) is 36.2. The van der Waals surface area contributed by atoms with E-state index in [1.54, 1.807) is 44.1 Å². The molecular weight excluding hydrogens is 398 g/mol. The molecule has 1 aromatic carbocycles. The molecule has 4 saturated carbocycles. The molecule has 4 aliphatic rings. The molecule has 122 valence electrons. The van der Waals surface area contributed by atoms with Gasteiger partial charge in [-0.3, -0.25) is 0 Å². The van der Waals surface area contributed by atoms with Gasteiger partial charge in [-0.1, -0.05) is 30.3 Å². The van der Waals surface area contributed by atoms with Gasteiger partial charge in [0.05, 0.1) is 11.3 Å². The van der Waals surface area contributed by atoms with Crippen molar-refractivity contribution in [2.45, 2.75) is 50.1 Å². The van der Waals surface area contributed by atoms with Crippen LogP contribution in [-0.2, 0) is 6.42 Å². The molecule has 0 N–H and O–H groups in total. The predicted molar refractivity (Wildman–Crippen MR) is 94.7 cm³/mol. The van der Waals surface area contributed by atoms with Gasteiger partial charge in [0.1, 0.15) is 0 Å². The molecule has 0 aliphatic heterocycles. The SMILES string of the molecule is C[P+](C)(CCc1ccccc1)C12CC3CC(CC(C3)C1)C2.[I-]. The van der Waals surface area contributed by atoms with Gasteiger partial charge < -0.3 is 24.0 Å². The van der Waals surface area contributed by atoms with E-state index in [1.165, 1.54) is 12.6 Å². The summed E-state index contributed by atoms with van der Waals surface area (Å²) >= 11 is 0. The lowest BCUT2D eigenvalue weighted by molar-refractivity contribution is -0.00000704. The van der Waals surface area contributed by atoms with Crippen LogP contribution in [0.4, 0.5) is 0 Å². The minimum absolute atomic E-state index is 0. The molecule has 0 saturated heterocycles. The topological polar surface area (TPSA) is 0 Å². The largest absolute Gasteiger partial charge is 1.00 e. The zero-order valence-electron chi connectivity index (χ0n) is 14.1. The van der Waals surface area contributed by atoms with Crippen LogP contribution < -0.4 is 24.0 Å². The van der Waals surface area contributed by atoms with E-state index >= 15 is 0 Å². The smallest absolute Gasteiger partial charge is 0.0802 e. The lowest BCUT2D eigenvalue weighted by atomic mass is 9.56. The molecule has 4 bridgehead atoms. The molecule has 22 heavy (non-hydrogen) atoms. The van der Waals surface area contributed by atoms with E-state index in [0.29, 0.717) is 0 Å². The summed E-state index contributed by atoms with van der Waals surface area (Å²) in [6.45, 7) is 5.40. The van der Waals surface area contributed by atoms with Crippen molar-refractivity contribution in [2.75, 3.05) is 19.5 Å². The number of aryl methyl sites for hydroxylation is 1. The van der Waals surface area contributed by atoms with Crippen LogP contribution in [0.5, 0.6) is 0 Å². The Morgan fingerprint density at radius 3 is 1.91 bits per heavy atom. The first-order valence-electron chi connectivity index (χ1n) is 8.93. The zero-order chi connectivity index (χ0) is 14.5. The first-order valence-corrected chi connectivity index (χ1v) is 11.8. The van der Waals surface area contributed by atoms with Crippen LogP contribution in [-0.4, -0.2) is 24.6 Å². The summed E-state index contributed by atoms with van der Waals surface area (Å²) in [6, 6.07) is 11.2. The van der Waals surface area contributed by atoms with Gasteiger partial charge in [0.15, 0.2) is 0 Å². The molecule has 0 amide bonds. The molecule has 4 aliphatic carbocycles. The van der Waals surface area contributed by atoms with Crippen molar-refractivity contribution in [2.24, 2.45) is 17.8 Å². The maximum Gasteiger partial charge on any atom is 0.0802 e. The fourth-order valence-electron chi connectivity index (χ4n) is 6.10. The highest BCUT2D eigenvalue weighted by atomic mass is 127. The fourth-order valence-corrected chi connectivity index (χ4v) is 9.65. The highest BCUT2D eigenvalue weighted by molar-refractivity contribution is 7.76. The molecule has 0 atom stereocenters. The van der Waals surface area contributed by atoms with E-state index in [9.17, 15) is 0 Å². The molecule has 2 heteroatoms. The average molecular weight is 428 g/mol. The Morgan fingerprint density at radius 2 is 1.41 bits per heavy atom. The van der Waals surface area contributed by atoms with Gasteiger partial charge in [0.25, 0.3) is 0 Å². The average Bonchev–Trinajstić information content (AvgIpc) is 2.45. The van der Waals surface area contributed by atoms with Crippen molar-refractivity contribution in [1.29, 1.82) is 0 Å². The minimum atomic E-state index is -0.807. The highest BCUT2D eigenvalue weighted by Gasteiger charge is 2.61. The van der Waals surface area contributed by atoms with Crippen molar-refractivity contribution < 1.29 is 24.0 Å². The maximum absolute atomic E-state index is 2.70. The van der Waals surface area contributed by atoms with Crippen molar-refractivity contribution in [3.05, 3.63) is 35.9 Å². The van der Waals surface area contributed by atoms with Crippen LogP contribution in [0.2, 0.25) is 0 Å². The van der Waals surface area contributed by atoms with Crippen LogP contribution in [0.3, 0.4) is 0 Å². The number of hydrogen-bond acceptors (Lipinski definition) is 0. The van der Waals surface area contributed by atoms with Gasteiger partial charge >= 0.3 is 0 Å². The molecule has 0 aromatic heterocycles. The van der Waals surface area contributed by atoms with E-state index in [-0.39, 0.29) is 24.0 Å². The molecule has 0 nitrogen and oxygen atoms in total. The molecule has 4 fully saturated rings. The first kappa shape index (κ1) is 17.2. The second-order valence-corrected chi connectivity index (χ2v) is 13.6. The number of hydrogen-bond donors (Lipinski definition) is 0. The van der Waals surface area contributed by atoms with Crippen LogP contribution in [0.25, 0.3) is 0 Å². The quantitative estimate of drug-likeness (QED) is 0.511.